The molecule has 0 amide bonds. The van der Waals surface area contributed by atoms with E-state index in [1.54, 1.807) is 18.4 Å². The Bertz CT molecular complexity index is 862. The van der Waals surface area contributed by atoms with Crippen LogP contribution in [0.3, 0.4) is 0 Å². The summed E-state index contributed by atoms with van der Waals surface area (Å²) < 4.78 is 11.7. The van der Waals surface area contributed by atoms with Gasteiger partial charge in [0.1, 0.15) is 17.4 Å². The van der Waals surface area contributed by atoms with Crippen molar-refractivity contribution in [1.82, 2.24) is 4.98 Å². The number of nitrogens with zero attached hydrogens (tertiary/aromatic N) is 1. The van der Waals surface area contributed by atoms with Crippen LogP contribution in [-0.2, 0) is 22.6 Å². The Morgan fingerprint density at radius 1 is 1.27 bits per heavy atom. The van der Waals surface area contributed by atoms with Crippen LogP contribution in [0.5, 0.6) is 5.75 Å². The number of aryl methyl sites for hydroxylation is 1. The summed E-state index contributed by atoms with van der Waals surface area (Å²) in [6, 6.07) is 9.91. The van der Waals surface area contributed by atoms with Gasteiger partial charge in [-0.15, -0.1) is 22.7 Å². The van der Waals surface area contributed by atoms with E-state index in [1.165, 1.54) is 16.2 Å². The highest BCUT2D eigenvalue weighted by atomic mass is 79.9. The van der Waals surface area contributed by atoms with E-state index < -0.39 is 0 Å². The van der Waals surface area contributed by atoms with Gasteiger partial charge in [0.25, 0.3) is 0 Å². The molecule has 0 atom stereocenters. The number of halogens is 1. The van der Waals surface area contributed by atoms with E-state index in [1.807, 2.05) is 35.0 Å². The van der Waals surface area contributed by atoms with Gasteiger partial charge in [-0.3, -0.25) is 4.79 Å². The van der Waals surface area contributed by atoms with Gasteiger partial charge in [-0.25, -0.2) is 4.98 Å². The molecule has 0 saturated carbocycles. The van der Waals surface area contributed by atoms with Crippen molar-refractivity contribution in [2.45, 2.75) is 25.9 Å². The molecule has 0 radical (unpaired) electrons. The van der Waals surface area contributed by atoms with Gasteiger partial charge in [0.05, 0.1) is 18.4 Å². The van der Waals surface area contributed by atoms with Crippen LogP contribution < -0.4 is 4.74 Å². The number of thiophene rings is 1. The normalized spacial score (nSPS) is 10.7. The van der Waals surface area contributed by atoms with Crippen molar-refractivity contribution < 1.29 is 14.3 Å². The van der Waals surface area contributed by atoms with Crippen molar-refractivity contribution >= 4 is 44.6 Å². The van der Waals surface area contributed by atoms with Crippen LogP contribution >= 0.6 is 38.6 Å². The molecule has 0 unspecified atom stereocenters. The van der Waals surface area contributed by atoms with Crippen LogP contribution in [0.25, 0.3) is 10.6 Å². The third-order valence-electron chi connectivity index (χ3n) is 3.71. The maximum absolute atomic E-state index is 11.9. The minimum atomic E-state index is -0.184. The largest absolute Gasteiger partial charge is 0.496 e. The average molecular weight is 452 g/mol. The standard InChI is InChI=1S/C19H18BrNO3S2/c1-23-17-8-7-13(20)10-16(17)19-21-14(12-26-19)11-24-18(22)6-2-4-15-5-3-9-25-15/h3,5,7-10,12H,2,4,6,11H2,1H3. The maximum atomic E-state index is 11.9. The second kappa shape index (κ2) is 9.30. The number of rotatable bonds is 8. The lowest BCUT2D eigenvalue weighted by atomic mass is 10.2. The number of hydrogen-bond acceptors (Lipinski definition) is 6. The summed E-state index contributed by atoms with van der Waals surface area (Å²) in [6.45, 7) is 0.199. The van der Waals surface area contributed by atoms with Gasteiger partial charge in [0, 0.05) is 21.2 Å². The second-order valence-corrected chi connectivity index (χ2v) is 8.39. The van der Waals surface area contributed by atoms with Crippen LogP contribution in [-0.4, -0.2) is 18.1 Å². The van der Waals surface area contributed by atoms with Gasteiger partial charge in [-0.2, -0.15) is 0 Å². The molecule has 4 nitrogen and oxygen atoms in total. The molecular weight excluding hydrogens is 434 g/mol. The lowest BCUT2D eigenvalue weighted by Crippen LogP contribution is -2.05. The second-order valence-electron chi connectivity index (χ2n) is 5.58. The van der Waals surface area contributed by atoms with Gasteiger partial charge < -0.3 is 9.47 Å². The molecule has 7 heteroatoms. The Morgan fingerprint density at radius 3 is 2.92 bits per heavy atom. The summed E-state index contributed by atoms with van der Waals surface area (Å²) in [5, 5.41) is 4.80. The Labute approximate surface area is 168 Å². The Morgan fingerprint density at radius 2 is 2.15 bits per heavy atom. The number of aromatic nitrogens is 1. The molecule has 0 fully saturated rings. The first-order chi connectivity index (χ1) is 12.7. The van der Waals surface area contributed by atoms with E-state index in [0.717, 1.165) is 39.3 Å². The SMILES string of the molecule is COc1ccc(Br)cc1-c1nc(COC(=O)CCCc2cccs2)cs1. The molecule has 136 valence electrons. The molecule has 3 aromatic rings. The highest BCUT2D eigenvalue weighted by Gasteiger charge is 2.12. The van der Waals surface area contributed by atoms with Crippen molar-refractivity contribution in [3.63, 3.8) is 0 Å². The zero-order valence-electron chi connectivity index (χ0n) is 14.2. The molecule has 0 bridgehead atoms. The average Bonchev–Trinajstić information content (AvgIpc) is 3.32. The van der Waals surface area contributed by atoms with Gasteiger partial charge in [-0.05, 0) is 42.5 Å². The Kier molecular flexibility index (Phi) is 6.82. The molecule has 1 aromatic carbocycles. The van der Waals surface area contributed by atoms with Crippen LogP contribution in [0, 0.1) is 0 Å². The predicted octanol–water partition coefficient (Wildman–Crippen LogP) is 5.71. The Hall–Kier alpha value is -1.70. The molecule has 0 N–H and O–H groups in total. The first kappa shape index (κ1) is 19.1. The lowest BCUT2D eigenvalue weighted by molar-refractivity contribution is -0.145. The molecule has 26 heavy (non-hydrogen) atoms. The van der Waals surface area contributed by atoms with E-state index in [2.05, 4.69) is 27.0 Å². The Balaban J connectivity index is 1.52. The molecule has 0 saturated heterocycles. The zero-order valence-corrected chi connectivity index (χ0v) is 17.5. The molecule has 0 spiro atoms. The van der Waals surface area contributed by atoms with Gasteiger partial charge in [-0.1, -0.05) is 22.0 Å². The minimum absolute atomic E-state index is 0.184. The summed E-state index contributed by atoms with van der Waals surface area (Å²) in [6.07, 6.45) is 2.14. The van der Waals surface area contributed by atoms with E-state index >= 15 is 0 Å². The number of esters is 1. The number of carbonyl (C=O) groups is 1. The van der Waals surface area contributed by atoms with Crippen molar-refractivity contribution in [1.29, 1.82) is 0 Å². The van der Waals surface area contributed by atoms with E-state index in [4.69, 9.17) is 9.47 Å². The van der Waals surface area contributed by atoms with Gasteiger partial charge in [0.2, 0.25) is 0 Å². The summed E-state index contributed by atoms with van der Waals surface area (Å²) >= 11 is 6.69. The summed E-state index contributed by atoms with van der Waals surface area (Å²) in [4.78, 5) is 17.8. The fraction of sp³-hybridized carbons (Fsp3) is 0.263. The predicted molar refractivity (Wildman–Crippen MR) is 109 cm³/mol. The summed E-state index contributed by atoms with van der Waals surface area (Å²) in [5.74, 6) is 0.579. The summed E-state index contributed by atoms with van der Waals surface area (Å²) in [5.41, 5.74) is 1.67. The third-order valence-corrected chi connectivity index (χ3v) is 6.06. The third kappa shape index (κ3) is 5.16. The number of thiazole rings is 1. The quantitative estimate of drug-likeness (QED) is 0.411. The van der Waals surface area contributed by atoms with Gasteiger partial charge in [0.15, 0.2) is 0 Å². The minimum Gasteiger partial charge on any atom is -0.496 e. The molecule has 3 rings (SSSR count). The molecule has 0 aliphatic rings. The first-order valence-electron chi connectivity index (χ1n) is 8.12. The van der Waals surface area contributed by atoms with E-state index in [9.17, 15) is 4.79 Å². The molecule has 0 aliphatic heterocycles. The zero-order chi connectivity index (χ0) is 18.4. The lowest BCUT2D eigenvalue weighted by Gasteiger charge is -2.06. The number of benzene rings is 1. The number of carbonyl (C=O) groups excluding carboxylic acids is 1. The molecule has 2 aromatic heterocycles. The molecule has 0 aliphatic carbocycles. The van der Waals surface area contributed by atoms with Crippen molar-refractivity contribution in [2.24, 2.45) is 0 Å². The smallest absolute Gasteiger partial charge is 0.306 e. The van der Waals surface area contributed by atoms with Crippen LogP contribution in [0.1, 0.15) is 23.4 Å². The summed E-state index contributed by atoms with van der Waals surface area (Å²) in [7, 11) is 1.64. The highest BCUT2D eigenvalue weighted by Crippen LogP contribution is 2.34. The maximum Gasteiger partial charge on any atom is 0.306 e. The molecule has 2 heterocycles. The van der Waals surface area contributed by atoms with Crippen molar-refractivity contribution in [3.05, 3.63) is 56.1 Å². The number of ether oxygens (including phenoxy) is 2. The number of hydrogen-bond donors (Lipinski definition) is 0. The van der Waals surface area contributed by atoms with E-state index in [-0.39, 0.29) is 12.6 Å². The highest BCUT2D eigenvalue weighted by molar-refractivity contribution is 9.10. The van der Waals surface area contributed by atoms with Crippen LogP contribution in [0.15, 0.2) is 45.6 Å². The fourth-order valence-electron chi connectivity index (χ4n) is 2.43. The fourth-order valence-corrected chi connectivity index (χ4v) is 4.37. The molecular formula is C19H18BrNO3S2. The van der Waals surface area contributed by atoms with Crippen molar-refractivity contribution in [2.75, 3.05) is 7.11 Å². The first-order valence-corrected chi connectivity index (χ1v) is 10.7. The van der Waals surface area contributed by atoms with E-state index in [0.29, 0.717) is 6.42 Å². The van der Waals surface area contributed by atoms with Crippen LogP contribution in [0.2, 0.25) is 0 Å². The monoisotopic (exact) mass is 451 g/mol. The van der Waals surface area contributed by atoms with Crippen LogP contribution in [0.4, 0.5) is 0 Å². The topological polar surface area (TPSA) is 48.4 Å². The number of methoxy groups -OCH3 is 1. The van der Waals surface area contributed by atoms with Crippen molar-refractivity contribution in [3.8, 4) is 16.3 Å². The van der Waals surface area contributed by atoms with Gasteiger partial charge >= 0.3 is 5.97 Å².